The predicted octanol–water partition coefficient (Wildman–Crippen LogP) is -3.22. The minimum absolute atomic E-state index is 0.526. The molecule has 5 N–H and O–H groups in total. The van der Waals surface area contributed by atoms with Crippen LogP contribution in [-0.2, 0) is 4.74 Å². The molecule has 72 valence electrons. The van der Waals surface area contributed by atoms with E-state index in [2.05, 4.69) is 4.74 Å². The third-order valence-electron chi connectivity index (χ3n) is 1.87. The van der Waals surface area contributed by atoms with Crippen LogP contribution < -0.4 is 0 Å². The van der Waals surface area contributed by atoms with Crippen LogP contribution in [0, 0.1) is 0 Å². The zero-order valence-corrected chi connectivity index (χ0v) is 6.24. The summed E-state index contributed by atoms with van der Waals surface area (Å²) in [4.78, 5) is 0. The van der Waals surface area contributed by atoms with Gasteiger partial charge in [0.15, 0.2) is 6.29 Å². The Morgan fingerprint density at radius 1 is 0.917 bits per heavy atom. The van der Waals surface area contributed by atoms with Crippen molar-refractivity contribution in [3.05, 3.63) is 0 Å². The molecule has 1 fully saturated rings. The van der Waals surface area contributed by atoms with E-state index in [-0.39, 0.29) is 0 Å². The van der Waals surface area contributed by atoms with Crippen molar-refractivity contribution in [1.29, 1.82) is 0 Å². The average Bonchev–Trinajstić information content (AvgIpc) is 2.08. The topological polar surface area (TPSA) is 110 Å². The lowest BCUT2D eigenvalue weighted by molar-refractivity contribution is -0.286. The van der Waals surface area contributed by atoms with Gasteiger partial charge in [-0.05, 0) is 0 Å². The number of ether oxygens (including phenoxy) is 1. The molecular weight excluding hydrogens is 168 g/mol. The van der Waals surface area contributed by atoms with Gasteiger partial charge in [0.2, 0.25) is 0 Å². The van der Waals surface area contributed by atoms with Gasteiger partial charge in [0.05, 0.1) is 6.61 Å². The van der Waals surface area contributed by atoms with E-state index in [1.807, 2.05) is 0 Å². The number of hydrogen-bond donors (Lipinski definition) is 5. The standard InChI is InChI=1S/C6H12O6/c7-1-2-3(8)4(9)5(10)6(11)12-2/h2-11H,1H2/t2-,3+,4?,5-,6-/m0/s1. The van der Waals surface area contributed by atoms with Crippen molar-refractivity contribution in [1.82, 2.24) is 0 Å². The van der Waals surface area contributed by atoms with Crippen LogP contribution >= 0.6 is 0 Å². The summed E-state index contributed by atoms with van der Waals surface area (Å²) in [5, 5.41) is 44.7. The van der Waals surface area contributed by atoms with Crippen LogP contribution in [0.3, 0.4) is 0 Å². The van der Waals surface area contributed by atoms with Gasteiger partial charge in [-0.3, -0.25) is 0 Å². The molecule has 0 spiro atoms. The Hall–Kier alpha value is -0.240. The van der Waals surface area contributed by atoms with Gasteiger partial charge >= 0.3 is 0 Å². The second kappa shape index (κ2) is 3.65. The maximum Gasteiger partial charge on any atom is 0.184 e. The van der Waals surface area contributed by atoms with E-state index in [0.29, 0.717) is 0 Å². The van der Waals surface area contributed by atoms with Crippen molar-refractivity contribution in [3.8, 4) is 0 Å². The highest BCUT2D eigenvalue weighted by atomic mass is 16.6. The molecule has 1 aliphatic rings. The molecule has 6 nitrogen and oxygen atoms in total. The third-order valence-corrected chi connectivity index (χ3v) is 1.87. The molecular formula is C6H12O6. The monoisotopic (exact) mass is 180 g/mol. The minimum Gasteiger partial charge on any atom is -0.394 e. The van der Waals surface area contributed by atoms with E-state index in [4.69, 9.17) is 25.5 Å². The number of aliphatic hydroxyl groups is 5. The zero-order valence-electron chi connectivity index (χ0n) is 6.24. The van der Waals surface area contributed by atoms with Gasteiger partial charge in [0.1, 0.15) is 24.4 Å². The third kappa shape index (κ3) is 1.58. The quantitative estimate of drug-likeness (QED) is 0.290. The van der Waals surface area contributed by atoms with Crippen molar-refractivity contribution < 1.29 is 30.3 Å². The first kappa shape index (κ1) is 9.85. The Morgan fingerprint density at radius 2 is 1.50 bits per heavy atom. The Balaban J connectivity index is 2.63. The maximum absolute atomic E-state index is 9.12. The van der Waals surface area contributed by atoms with Crippen LogP contribution in [0.5, 0.6) is 0 Å². The molecule has 1 unspecified atom stereocenters. The van der Waals surface area contributed by atoms with E-state index in [9.17, 15) is 0 Å². The van der Waals surface area contributed by atoms with Crippen molar-refractivity contribution in [2.45, 2.75) is 30.7 Å². The Labute approximate surface area is 68.6 Å². The Bertz CT molecular complexity index is 146. The molecule has 0 bridgehead atoms. The summed E-state index contributed by atoms with van der Waals surface area (Å²) in [7, 11) is 0. The van der Waals surface area contributed by atoms with E-state index in [1.165, 1.54) is 0 Å². The summed E-state index contributed by atoms with van der Waals surface area (Å²) >= 11 is 0. The molecule has 1 rings (SSSR count). The van der Waals surface area contributed by atoms with Crippen LogP contribution in [0.4, 0.5) is 0 Å². The van der Waals surface area contributed by atoms with E-state index in [1.54, 1.807) is 0 Å². The molecule has 6 heteroatoms. The lowest BCUT2D eigenvalue weighted by Crippen LogP contribution is -2.58. The Morgan fingerprint density at radius 3 is 2.00 bits per heavy atom. The van der Waals surface area contributed by atoms with Crippen molar-refractivity contribution in [3.63, 3.8) is 0 Å². The average molecular weight is 180 g/mol. The summed E-state index contributed by atoms with van der Waals surface area (Å²) < 4.78 is 4.58. The molecule has 0 saturated carbocycles. The van der Waals surface area contributed by atoms with Crippen molar-refractivity contribution in [2.75, 3.05) is 6.61 Å². The molecule has 0 aromatic heterocycles. The van der Waals surface area contributed by atoms with Crippen LogP contribution in [0.2, 0.25) is 0 Å². The van der Waals surface area contributed by atoms with Crippen LogP contribution in [-0.4, -0.2) is 62.8 Å². The minimum atomic E-state index is -1.57. The summed E-state index contributed by atoms with van der Waals surface area (Å²) in [6.45, 7) is -0.526. The molecule has 0 aromatic carbocycles. The summed E-state index contributed by atoms with van der Waals surface area (Å²) in [6.07, 6.45) is -7.04. The maximum atomic E-state index is 9.12. The largest absolute Gasteiger partial charge is 0.394 e. The van der Waals surface area contributed by atoms with Crippen molar-refractivity contribution in [2.24, 2.45) is 0 Å². The molecule has 1 aliphatic heterocycles. The Kier molecular flexibility index (Phi) is 2.99. The first-order valence-electron chi connectivity index (χ1n) is 3.56. The van der Waals surface area contributed by atoms with Gasteiger partial charge in [0, 0.05) is 0 Å². The van der Waals surface area contributed by atoms with Gasteiger partial charge in [-0.25, -0.2) is 0 Å². The molecule has 5 atom stereocenters. The fourth-order valence-corrected chi connectivity index (χ4v) is 1.08. The lowest BCUT2D eigenvalue weighted by atomic mass is 10.00. The predicted molar refractivity (Wildman–Crippen MR) is 36.0 cm³/mol. The molecule has 1 heterocycles. The number of hydrogen-bond acceptors (Lipinski definition) is 6. The molecule has 0 aliphatic carbocycles. The van der Waals surface area contributed by atoms with Gasteiger partial charge < -0.3 is 30.3 Å². The summed E-state index contributed by atoms with van der Waals surface area (Å²) in [5.41, 5.74) is 0. The molecule has 0 aromatic rings. The van der Waals surface area contributed by atoms with Crippen LogP contribution in [0.15, 0.2) is 0 Å². The molecule has 12 heavy (non-hydrogen) atoms. The molecule has 0 amide bonds. The fourth-order valence-electron chi connectivity index (χ4n) is 1.08. The van der Waals surface area contributed by atoms with Gasteiger partial charge in [0.25, 0.3) is 0 Å². The van der Waals surface area contributed by atoms with Gasteiger partial charge in [-0.15, -0.1) is 0 Å². The second-order valence-corrected chi connectivity index (χ2v) is 2.72. The highest BCUT2D eigenvalue weighted by Crippen LogP contribution is 2.18. The molecule has 0 radical (unpaired) electrons. The molecule has 1 saturated heterocycles. The normalized spacial score (nSPS) is 49.2. The first-order chi connectivity index (χ1) is 5.57. The zero-order chi connectivity index (χ0) is 9.30. The summed E-state index contributed by atoms with van der Waals surface area (Å²) in [5.74, 6) is 0. The highest BCUT2D eigenvalue weighted by Gasteiger charge is 2.42. The number of rotatable bonds is 1. The fraction of sp³-hybridized carbons (Fsp3) is 1.00. The van der Waals surface area contributed by atoms with Gasteiger partial charge in [-0.2, -0.15) is 0 Å². The van der Waals surface area contributed by atoms with Gasteiger partial charge in [-0.1, -0.05) is 0 Å². The lowest BCUT2D eigenvalue weighted by Gasteiger charge is -2.37. The van der Waals surface area contributed by atoms with E-state index in [0.717, 1.165) is 0 Å². The van der Waals surface area contributed by atoms with Crippen LogP contribution in [0.1, 0.15) is 0 Å². The highest BCUT2D eigenvalue weighted by molar-refractivity contribution is 4.87. The van der Waals surface area contributed by atoms with E-state index < -0.39 is 37.3 Å². The smallest absolute Gasteiger partial charge is 0.184 e. The first-order valence-corrected chi connectivity index (χ1v) is 3.56. The SMILES string of the molecule is OC[C@@H]1O[C@H](O)[C@@H](O)C(O)[C@@H]1O. The number of aliphatic hydroxyl groups excluding tert-OH is 5. The van der Waals surface area contributed by atoms with Crippen LogP contribution in [0.25, 0.3) is 0 Å². The summed E-state index contributed by atoms with van der Waals surface area (Å²) in [6, 6.07) is 0. The second-order valence-electron chi connectivity index (χ2n) is 2.72. The van der Waals surface area contributed by atoms with Crippen molar-refractivity contribution >= 4 is 0 Å². The van der Waals surface area contributed by atoms with E-state index >= 15 is 0 Å².